The average Bonchev–Trinajstić information content (AvgIpc) is 3.01. The fourth-order valence-electron chi connectivity index (χ4n) is 2.12. The molecule has 0 aromatic carbocycles. The van der Waals surface area contributed by atoms with Gasteiger partial charge in [0.15, 0.2) is 10.8 Å². The molecule has 1 saturated heterocycles. The molecule has 0 aliphatic carbocycles. The third-order valence-electron chi connectivity index (χ3n) is 3.72. The number of nitrogens with zero attached hydrogens (tertiary/aromatic N) is 3. The van der Waals surface area contributed by atoms with Gasteiger partial charge in [-0.05, 0) is 13.8 Å². The summed E-state index contributed by atoms with van der Waals surface area (Å²) in [7, 11) is -5.01. The number of β-lactam (4-membered cyclic amide) rings is 1. The highest BCUT2D eigenvalue weighted by molar-refractivity contribution is 7.84. The van der Waals surface area contributed by atoms with Gasteiger partial charge in [0.1, 0.15) is 24.5 Å². The second-order valence-corrected chi connectivity index (χ2v) is 8.38. The topological polar surface area (TPSA) is 202 Å². The molecular weight excluding hydrogens is 437 g/mol. The van der Waals surface area contributed by atoms with Crippen LogP contribution in [0.2, 0.25) is 0 Å². The Labute approximate surface area is 167 Å². The zero-order valence-electron chi connectivity index (χ0n) is 14.9. The van der Waals surface area contributed by atoms with E-state index >= 15 is 0 Å². The number of amides is 2. The highest BCUT2D eigenvalue weighted by Gasteiger charge is 2.54. The summed E-state index contributed by atoms with van der Waals surface area (Å²) in [5.41, 5.74) is 2.96. The van der Waals surface area contributed by atoms with Crippen LogP contribution >= 0.6 is 11.3 Å². The molecule has 5 N–H and O–H groups in total. The molecule has 0 unspecified atom stereocenters. The Morgan fingerprint density at radius 2 is 2.14 bits per heavy atom. The Kier molecular flexibility index (Phi) is 6.10. The van der Waals surface area contributed by atoms with Crippen molar-refractivity contribution < 1.29 is 41.7 Å². The van der Waals surface area contributed by atoms with Gasteiger partial charge in [-0.1, -0.05) is 5.16 Å². The molecule has 16 heteroatoms. The number of alkyl halides is 1. The molecule has 1 fully saturated rings. The summed E-state index contributed by atoms with van der Waals surface area (Å²) in [5, 5.41) is 15.9. The van der Waals surface area contributed by atoms with Crippen LogP contribution in [-0.4, -0.2) is 75.2 Å². The van der Waals surface area contributed by atoms with Gasteiger partial charge < -0.3 is 21.0 Å². The number of carbonyl (C=O) groups excluding carboxylic acids is 2. The number of carboxylic acid groups (broad SMARTS) is 1. The van der Waals surface area contributed by atoms with Crippen LogP contribution in [-0.2, 0) is 29.5 Å². The van der Waals surface area contributed by atoms with E-state index in [2.05, 4.69) is 15.5 Å². The number of anilines is 1. The molecule has 1 aliphatic heterocycles. The van der Waals surface area contributed by atoms with Crippen molar-refractivity contribution in [2.45, 2.75) is 31.5 Å². The lowest BCUT2D eigenvalue weighted by molar-refractivity contribution is -0.161. The van der Waals surface area contributed by atoms with E-state index < -0.39 is 58.2 Å². The maximum absolute atomic E-state index is 13.1. The van der Waals surface area contributed by atoms with Crippen LogP contribution < -0.4 is 11.1 Å². The van der Waals surface area contributed by atoms with Crippen LogP contribution in [0.25, 0.3) is 0 Å². The number of rotatable bonds is 8. The third kappa shape index (κ3) is 4.60. The fraction of sp³-hybridized carbons (Fsp3) is 0.462. The molecular formula is C13H16FN5O8S2. The second-order valence-electron chi connectivity index (χ2n) is 6.20. The first-order valence-electron chi connectivity index (χ1n) is 7.68. The summed E-state index contributed by atoms with van der Waals surface area (Å²) in [4.78, 5) is 44.3. The van der Waals surface area contributed by atoms with Crippen molar-refractivity contribution >= 4 is 50.3 Å². The summed E-state index contributed by atoms with van der Waals surface area (Å²) in [6.07, 6.45) is 0. The van der Waals surface area contributed by atoms with Crippen molar-refractivity contribution in [2.24, 2.45) is 5.16 Å². The van der Waals surface area contributed by atoms with Gasteiger partial charge in [-0.15, -0.1) is 11.3 Å². The second kappa shape index (κ2) is 7.88. The van der Waals surface area contributed by atoms with Crippen molar-refractivity contribution in [2.75, 3.05) is 12.4 Å². The predicted octanol–water partition coefficient (Wildman–Crippen LogP) is -1.22. The minimum Gasteiger partial charge on any atom is -0.478 e. The number of oxime groups is 1. The van der Waals surface area contributed by atoms with E-state index in [1.807, 2.05) is 0 Å². The predicted molar refractivity (Wildman–Crippen MR) is 96.0 cm³/mol. The van der Waals surface area contributed by atoms with Gasteiger partial charge in [-0.3, -0.25) is 14.1 Å². The van der Waals surface area contributed by atoms with E-state index in [9.17, 15) is 27.2 Å². The minimum absolute atomic E-state index is 0.0388. The van der Waals surface area contributed by atoms with Crippen LogP contribution in [0.5, 0.6) is 0 Å². The Morgan fingerprint density at radius 3 is 2.59 bits per heavy atom. The number of nitrogen functional groups attached to an aromatic ring is 1. The van der Waals surface area contributed by atoms with Gasteiger partial charge in [-0.25, -0.2) is 18.5 Å². The first-order chi connectivity index (χ1) is 13.3. The summed E-state index contributed by atoms with van der Waals surface area (Å²) in [6, 6.07) is -3.29. The van der Waals surface area contributed by atoms with Crippen molar-refractivity contribution in [1.29, 1.82) is 0 Å². The molecule has 1 aromatic rings. The zero-order valence-corrected chi connectivity index (χ0v) is 16.5. The van der Waals surface area contributed by atoms with Gasteiger partial charge in [0.2, 0.25) is 5.60 Å². The molecule has 2 amide bonds. The molecule has 0 radical (unpaired) electrons. The molecule has 13 nitrogen and oxygen atoms in total. The summed E-state index contributed by atoms with van der Waals surface area (Å²) < 4.78 is 44.2. The number of halogens is 1. The highest BCUT2D eigenvalue weighted by atomic mass is 32.2. The summed E-state index contributed by atoms with van der Waals surface area (Å²) >= 11 is 0.924. The van der Waals surface area contributed by atoms with Crippen LogP contribution in [0.15, 0.2) is 10.5 Å². The van der Waals surface area contributed by atoms with Crippen LogP contribution in [0, 0.1) is 0 Å². The number of hydrogen-bond donors (Lipinski definition) is 4. The van der Waals surface area contributed by atoms with E-state index in [4.69, 9.17) is 20.2 Å². The normalized spacial score (nSPS) is 20.2. The number of carbonyl (C=O) groups is 3. The van der Waals surface area contributed by atoms with Crippen LogP contribution in [0.4, 0.5) is 9.52 Å². The van der Waals surface area contributed by atoms with Gasteiger partial charge in [0.05, 0.1) is 0 Å². The van der Waals surface area contributed by atoms with Crippen LogP contribution in [0.1, 0.15) is 19.5 Å². The largest absolute Gasteiger partial charge is 0.478 e. The van der Waals surface area contributed by atoms with Gasteiger partial charge in [-0.2, -0.15) is 8.42 Å². The standard InChI is InChI=1S/C13H16FN5O8S2/c1-13(2,11(22)23)27-18-7(5-4-28-12(15)16-5)9(20)17-8-6(3-14)19(10(8)21)29(24,25)26/h4,6,8H,3H2,1-2H3,(H2,15,16)(H,17,20)(H,22,23)(H,24,25,26)/b18-7-/t6-,8+/m0/s1. The Morgan fingerprint density at radius 1 is 1.52 bits per heavy atom. The molecule has 2 rings (SSSR count). The Balaban J connectivity index is 2.29. The quantitative estimate of drug-likeness (QED) is 0.160. The molecule has 29 heavy (non-hydrogen) atoms. The fourth-order valence-corrected chi connectivity index (χ4v) is 3.53. The number of hydrogen-bond acceptors (Lipinski definition) is 10. The van der Waals surface area contributed by atoms with Crippen LogP contribution in [0.3, 0.4) is 0 Å². The summed E-state index contributed by atoms with van der Waals surface area (Å²) in [5.74, 6) is -3.80. The molecule has 1 aromatic heterocycles. The van der Waals surface area contributed by atoms with Gasteiger partial charge in [0.25, 0.3) is 11.8 Å². The Bertz CT molecular complexity index is 976. The monoisotopic (exact) mass is 453 g/mol. The highest BCUT2D eigenvalue weighted by Crippen LogP contribution is 2.24. The zero-order chi connectivity index (χ0) is 22.1. The molecule has 0 saturated carbocycles. The van der Waals surface area contributed by atoms with Gasteiger partial charge in [0, 0.05) is 5.38 Å². The number of nitrogens with two attached hydrogens (primary N) is 1. The minimum atomic E-state index is -5.01. The number of aliphatic carboxylic acids is 1. The average molecular weight is 453 g/mol. The van der Waals surface area contributed by atoms with E-state index in [0.29, 0.717) is 0 Å². The van der Waals surface area contributed by atoms with E-state index in [1.165, 1.54) is 5.38 Å². The Hall–Kier alpha value is -2.85. The molecule has 0 bridgehead atoms. The molecule has 1 aliphatic rings. The maximum Gasteiger partial charge on any atom is 0.362 e. The number of thiazole rings is 1. The molecule has 2 heterocycles. The van der Waals surface area contributed by atoms with E-state index in [0.717, 1.165) is 25.2 Å². The smallest absolute Gasteiger partial charge is 0.362 e. The van der Waals surface area contributed by atoms with E-state index in [-0.39, 0.29) is 15.1 Å². The van der Waals surface area contributed by atoms with E-state index in [1.54, 1.807) is 0 Å². The molecule has 2 atom stereocenters. The molecule has 160 valence electrons. The van der Waals surface area contributed by atoms with Crippen molar-refractivity contribution in [1.82, 2.24) is 14.6 Å². The SMILES string of the molecule is CC(C)(O/N=C(\C(=O)N[C@H]1C(=O)N(S(=O)(=O)O)[C@H]1CF)c1csc(N)n1)C(=O)O. The lowest BCUT2D eigenvalue weighted by Gasteiger charge is -2.42. The lowest BCUT2D eigenvalue weighted by atomic mass is 10.00. The summed E-state index contributed by atoms with van der Waals surface area (Å²) in [6.45, 7) is 0.930. The molecule has 0 spiro atoms. The first-order valence-corrected chi connectivity index (χ1v) is 9.95. The van der Waals surface area contributed by atoms with Crippen molar-refractivity contribution in [3.05, 3.63) is 11.1 Å². The maximum atomic E-state index is 13.1. The van der Waals surface area contributed by atoms with Crippen molar-refractivity contribution in [3.63, 3.8) is 0 Å². The van der Waals surface area contributed by atoms with Gasteiger partial charge >= 0.3 is 16.3 Å². The number of carboxylic acids is 1. The number of nitrogens with one attached hydrogen (secondary N) is 1. The third-order valence-corrected chi connectivity index (χ3v) is 5.34. The van der Waals surface area contributed by atoms with Crippen molar-refractivity contribution in [3.8, 4) is 0 Å². The lowest BCUT2D eigenvalue weighted by Crippen LogP contribution is -2.73. The first kappa shape index (κ1) is 22.4. The number of aromatic nitrogens is 1.